The third-order valence-corrected chi connectivity index (χ3v) is 9.04. The molecule has 2 fully saturated rings. The fraction of sp³-hybridized carbons (Fsp3) is 0.533. The van der Waals surface area contributed by atoms with Crippen molar-refractivity contribution in [2.75, 3.05) is 32.8 Å². The van der Waals surface area contributed by atoms with Crippen LogP contribution < -0.4 is 0 Å². The van der Waals surface area contributed by atoms with Gasteiger partial charge in [-0.15, -0.1) is 6.58 Å². The van der Waals surface area contributed by atoms with Gasteiger partial charge in [0.05, 0.1) is 5.41 Å². The SMILES string of the molecule is C.C.C=CCOC(=O)C1(Cc2ccccc2)CN(C(=O)OC(C)(C)C)CCCC1=O.C=CC[C@]1(Cc2ccccc2)CN(C(=O)OC(C)(C)C)CCCC1=O. The molecule has 0 aromatic heterocycles. The van der Waals surface area contributed by atoms with E-state index in [1.807, 2.05) is 81.4 Å². The fourth-order valence-electron chi connectivity index (χ4n) is 6.65. The number of benzene rings is 2. The van der Waals surface area contributed by atoms with E-state index in [9.17, 15) is 24.0 Å². The molecule has 2 aromatic carbocycles. The van der Waals surface area contributed by atoms with Gasteiger partial charge in [0, 0.05) is 39.0 Å². The van der Waals surface area contributed by atoms with Crippen molar-refractivity contribution in [3.8, 4) is 0 Å². The van der Waals surface area contributed by atoms with Gasteiger partial charge in [0.15, 0.2) is 5.78 Å². The van der Waals surface area contributed by atoms with E-state index in [1.54, 1.807) is 31.7 Å². The highest BCUT2D eigenvalue weighted by Crippen LogP contribution is 2.36. The lowest BCUT2D eigenvalue weighted by molar-refractivity contribution is -0.160. The second kappa shape index (κ2) is 21.4. The third kappa shape index (κ3) is 14.5. The van der Waals surface area contributed by atoms with Gasteiger partial charge in [0.2, 0.25) is 0 Å². The lowest BCUT2D eigenvalue weighted by Gasteiger charge is -2.35. The Morgan fingerprint density at radius 2 is 1.15 bits per heavy atom. The van der Waals surface area contributed by atoms with Crippen LogP contribution in [0.5, 0.6) is 0 Å². The van der Waals surface area contributed by atoms with Gasteiger partial charge in [-0.25, -0.2) is 9.59 Å². The van der Waals surface area contributed by atoms with Gasteiger partial charge in [-0.05, 0) is 84.8 Å². The molecule has 55 heavy (non-hydrogen) atoms. The highest BCUT2D eigenvalue weighted by molar-refractivity contribution is 6.05. The average molecular weight is 763 g/mol. The summed E-state index contributed by atoms with van der Waals surface area (Å²) in [6.07, 6.45) is 5.55. The second-order valence-corrected chi connectivity index (χ2v) is 15.9. The van der Waals surface area contributed by atoms with Gasteiger partial charge in [0.25, 0.3) is 0 Å². The summed E-state index contributed by atoms with van der Waals surface area (Å²) < 4.78 is 16.3. The number of esters is 1. The summed E-state index contributed by atoms with van der Waals surface area (Å²) in [5.41, 5.74) is -1.37. The Bertz CT molecular complexity index is 1580. The van der Waals surface area contributed by atoms with Gasteiger partial charge in [-0.2, -0.15) is 0 Å². The first-order valence-electron chi connectivity index (χ1n) is 18.4. The molecule has 2 saturated heterocycles. The third-order valence-electron chi connectivity index (χ3n) is 9.04. The highest BCUT2D eigenvalue weighted by atomic mass is 16.6. The van der Waals surface area contributed by atoms with E-state index in [4.69, 9.17) is 14.2 Å². The summed E-state index contributed by atoms with van der Waals surface area (Å²) in [7, 11) is 0. The quantitative estimate of drug-likeness (QED) is 0.107. The van der Waals surface area contributed by atoms with Crippen LogP contribution in [0.1, 0.15) is 99.6 Å². The van der Waals surface area contributed by atoms with Crippen molar-refractivity contribution in [1.82, 2.24) is 9.80 Å². The summed E-state index contributed by atoms with van der Waals surface area (Å²) in [4.78, 5) is 67.5. The van der Waals surface area contributed by atoms with Crippen LogP contribution in [-0.2, 0) is 41.4 Å². The summed E-state index contributed by atoms with van der Waals surface area (Å²) in [5, 5.41) is 0. The van der Waals surface area contributed by atoms with Crippen molar-refractivity contribution in [2.45, 2.75) is 113 Å². The Morgan fingerprint density at radius 1 is 0.691 bits per heavy atom. The van der Waals surface area contributed by atoms with Crippen LogP contribution in [0.3, 0.4) is 0 Å². The number of carbonyl (C=O) groups excluding carboxylic acids is 5. The van der Waals surface area contributed by atoms with Crippen molar-refractivity contribution in [3.63, 3.8) is 0 Å². The van der Waals surface area contributed by atoms with E-state index in [0.29, 0.717) is 51.7 Å². The summed E-state index contributed by atoms with van der Waals surface area (Å²) in [6, 6.07) is 19.3. The first-order valence-corrected chi connectivity index (χ1v) is 18.4. The van der Waals surface area contributed by atoms with E-state index in [0.717, 1.165) is 11.1 Å². The van der Waals surface area contributed by atoms with E-state index in [-0.39, 0.29) is 58.5 Å². The standard InChI is InChI=1S/C22H29NO5.C21H29NO3.2CH4/c1-5-14-27-19(25)22(15-17-10-7-6-8-11-17)16-23(13-9-12-18(22)24)20(26)28-21(2,3)4;1-5-13-21(15-17-10-7-6-8-11-17)16-22(14-9-12-18(21)23)19(24)25-20(2,3)4;;/h5-8,10-11H,1,9,12-16H2,2-4H3;5-8,10-11H,1,9,12-16H2,2-4H3;2*1H4/t;21-;;/m.0../s1. The van der Waals surface area contributed by atoms with Gasteiger partial charge in [-0.1, -0.05) is 94.2 Å². The maximum Gasteiger partial charge on any atom is 0.410 e. The van der Waals surface area contributed by atoms with Gasteiger partial charge < -0.3 is 24.0 Å². The first-order chi connectivity index (χ1) is 24.9. The number of allylic oxidation sites excluding steroid dienone is 1. The number of likely N-dealkylation sites (tertiary alicyclic amines) is 2. The number of hydrogen-bond donors (Lipinski definition) is 0. The molecule has 2 aliphatic heterocycles. The van der Waals surface area contributed by atoms with Gasteiger partial charge in [-0.3, -0.25) is 14.4 Å². The predicted molar refractivity (Wildman–Crippen MR) is 219 cm³/mol. The molecule has 10 nitrogen and oxygen atoms in total. The van der Waals surface area contributed by atoms with Crippen molar-refractivity contribution < 1.29 is 38.2 Å². The van der Waals surface area contributed by atoms with Gasteiger partial charge in [0.1, 0.15) is 29.0 Å². The van der Waals surface area contributed by atoms with Crippen molar-refractivity contribution in [1.29, 1.82) is 0 Å². The zero-order chi connectivity index (χ0) is 39.3. The number of rotatable bonds is 9. The summed E-state index contributed by atoms with van der Waals surface area (Å²) in [6.45, 7) is 19.5. The van der Waals surface area contributed by atoms with Crippen molar-refractivity contribution in [2.24, 2.45) is 10.8 Å². The molecule has 2 atom stereocenters. The minimum atomic E-state index is -1.46. The smallest absolute Gasteiger partial charge is 0.410 e. The van der Waals surface area contributed by atoms with Crippen LogP contribution in [0, 0.1) is 10.8 Å². The van der Waals surface area contributed by atoms with Crippen LogP contribution in [0.2, 0.25) is 0 Å². The van der Waals surface area contributed by atoms with Crippen LogP contribution >= 0.6 is 0 Å². The van der Waals surface area contributed by atoms with E-state index < -0.39 is 34.1 Å². The molecule has 2 aliphatic rings. The second-order valence-electron chi connectivity index (χ2n) is 15.9. The maximum atomic E-state index is 13.1. The number of Topliss-reactive ketones (excluding diaryl/α,β-unsaturated/α-hetero) is 2. The largest absolute Gasteiger partial charge is 0.461 e. The lowest BCUT2D eigenvalue weighted by atomic mass is 9.74. The number of hydrogen-bond acceptors (Lipinski definition) is 8. The molecular weight excluding hydrogens is 697 g/mol. The van der Waals surface area contributed by atoms with Crippen LogP contribution in [-0.4, -0.2) is 83.5 Å². The minimum absolute atomic E-state index is 0. The number of amides is 2. The molecule has 0 aliphatic carbocycles. The number of ketones is 2. The number of carbonyl (C=O) groups is 5. The molecular formula is C45H66N2O8. The zero-order valence-corrected chi connectivity index (χ0v) is 32.5. The Labute approximate surface area is 330 Å². The van der Waals surface area contributed by atoms with Crippen LogP contribution in [0.25, 0.3) is 0 Å². The molecule has 1 unspecified atom stereocenters. The fourth-order valence-corrected chi connectivity index (χ4v) is 6.65. The van der Waals surface area contributed by atoms with Crippen molar-refractivity contribution >= 4 is 29.7 Å². The molecule has 0 saturated carbocycles. The highest BCUT2D eigenvalue weighted by Gasteiger charge is 2.50. The Kier molecular flexibility index (Phi) is 18.8. The normalized spacial score (nSPS) is 20.1. The molecule has 304 valence electrons. The molecule has 0 N–H and O–H groups in total. The molecule has 0 radical (unpaired) electrons. The molecule has 0 bridgehead atoms. The van der Waals surface area contributed by atoms with Crippen molar-refractivity contribution in [3.05, 3.63) is 97.1 Å². The van der Waals surface area contributed by atoms with Gasteiger partial charge >= 0.3 is 18.2 Å². The molecule has 10 heteroatoms. The lowest BCUT2D eigenvalue weighted by Crippen LogP contribution is -2.51. The first kappa shape index (κ1) is 48.3. The number of nitrogens with zero attached hydrogens (tertiary/aromatic N) is 2. The predicted octanol–water partition coefficient (Wildman–Crippen LogP) is 9.21. The minimum Gasteiger partial charge on any atom is -0.461 e. The topological polar surface area (TPSA) is 120 Å². The molecule has 2 heterocycles. The van der Waals surface area contributed by atoms with E-state index in [1.165, 1.54) is 11.0 Å². The molecule has 2 amide bonds. The molecule has 0 spiro atoms. The zero-order valence-electron chi connectivity index (χ0n) is 32.5. The number of ether oxygens (including phenoxy) is 3. The van der Waals surface area contributed by atoms with Crippen LogP contribution in [0.15, 0.2) is 86.0 Å². The maximum absolute atomic E-state index is 13.1. The van der Waals surface area contributed by atoms with E-state index in [2.05, 4.69) is 13.2 Å². The summed E-state index contributed by atoms with van der Waals surface area (Å²) >= 11 is 0. The Morgan fingerprint density at radius 3 is 1.60 bits per heavy atom. The summed E-state index contributed by atoms with van der Waals surface area (Å²) in [5.74, 6) is -0.629. The molecule has 4 rings (SSSR count). The molecule has 2 aromatic rings. The Balaban J connectivity index is 0.000000534. The Hall–Kier alpha value is -4.73. The monoisotopic (exact) mass is 762 g/mol. The average Bonchev–Trinajstić information content (AvgIpc) is 3.35. The van der Waals surface area contributed by atoms with E-state index >= 15 is 0 Å². The van der Waals surface area contributed by atoms with Crippen LogP contribution in [0.4, 0.5) is 9.59 Å².